The number of nitrogens with zero attached hydrogens (tertiary/aromatic N) is 1. The molecule has 2 nitrogen and oxygen atoms in total. The van der Waals surface area contributed by atoms with E-state index in [1.807, 2.05) is 7.05 Å². The Morgan fingerprint density at radius 2 is 1.73 bits per heavy atom. The van der Waals surface area contributed by atoms with Crippen LogP contribution in [0.15, 0.2) is 0 Å². The molecule has 0 aromatic rings. The van der Waals surface area contributed by atoms with Gasteiger partial charge in [-0.2, -0.15) is 0 Å². The van der Waals surface area contributed by atoms with Crippen molar-refractivity contribution in [2.24, 2.45) is 0 Å². The van der Waals surface area contributed by atoms with Crippen molar-refractivity contribution in [3.8, 4) is 0 Å². The summed E-state index contributed by atoms with van der Waals surface area (Å²) >= 11 is 0. The summed E-state index contributed by atoms with van der Waals surface area (Å²) in [5.41, 5.74) is 0. The molecule has 2 heteroatoms. The fourth-order valence-electron chi connectivity index (χ4n) is 1.82. The lowest BCUT2D eigenvalue weighted by Gasteiger charge is -2.25. The first-order valence-corrected chi connectivity index (χ1v) is 6.57. The molecule has 15 heavy (non-hydrogen) atoms. The van der Waals surface area contributed by atoms with Crippen LogP contribution in [0.25, 0.3) is 0 Å². The van der Waals surface area contributed by atoms with Crippen molar-refractivity contribution in [1.82, 2.24) is 4.90 Å². The number of aliphatic hydroxyl groups excluding tert-OH is 1. The second-order valence-corrected chi connectivity index (χ2v) is 4.62. The van der Waals surface area contributed by atoms with Gasteiger partial charge in [-0.05, 0) is 26.4 Å². The number of β-amino-alcohol motifs (C(OH)–C–C–N with tert-alkyl or cyclic N) is 1. The van der Waals surface area contributed by atoms with E-state index < -0.39 is 0 Å². The summed E-state index contributed by atoms with van der Waals surface area (Å²) < 4.78 is 0. The zero-order chi connectivity index (χ0) is 11.5. The summed E-state index contributed by atoms with van der Waals surface area (Å²) in [6.07, 6.45) is 9.09. The molecule has 1 aliphatic rings. The van der Waals surface area contributed by atoms with Crippen LogP contribution in [-0.2, 0) is 0 Å². The van der Waals surface area contributed by atoms with Crippen LogP contribution in [0.4, 0.5) is 0 Å². The molecule has 1 heterocycles. The van der Waals surface area contributed by atoms with Gasteiger partial charge in [-0.3, -0.25) is 0 Å². The normalized spacial score (nSPS) is 22.0. The van der Waals surface area contributed by atoms with Gasteiger partial charge in [0.05, 0.1) is 6.10 Å². The lowest BCUT2D eigenvalue weighted by Crippen LogP contribution is -2.34. The summed E-state index contributed by atoms with van der Waals surface area (Å²) in [6, 6.07) is 0. The van der Waals surface area contributed by atoms with Crippen LogP contribution >= 0.6 is 0 Å². The van der Waals surface area contributed by atoms with E-state index in [1.165, 1.54) is 32.1 Å². The number of rotatable bonds is 4. The average molecular weight is 215 g/mol. The minimum Gasteiger partial charge on any atom is -0.392 e. The summed E-state index contributed by atoms with van der Waals surface area (Å²) in [6.45, 7) is 6.50. The molecule has 0 aromatic heterocycles. The molecule has 1 unspecified atom stereocenters. The van der Waals surface area contributed by atoms with E-state index in [4.69, 9.17) is 5.11 Å². The Morgan fingerprint density at radius 3 is 2.07 bits per heavy atom. The number of likely N-dealkylation sites (tertiary alicyclic amines) is 1. The fraction of sp³-hybridized carbons (Fsp3) is 1.00. The molecule has 1 fully saturated rings. The number of hydrogen-bond acceptors (Lipinski definition) is 2. The van der Waals surface area contributed by atoms with Crippen molar-refractivity contribution in [2.45, 2.75) is 64.9 Å². The Bertz CT molecular complexity index is 116. The minimum atomic E-state index is -0.0613. The van der Waals surface area contributed by atoms with Crippen LogP contribution < -0.4 is 0 Å². The highest BCUT2D eigenvalue weighted by Crippen LogP contribution is 2.06. The molecule has 92 valence electrons. The topological polar surface area (TPSA) is 23.5 Å². The SMILES string of the molecule is CCCCCCC.CN1CCCC(O)C1. The lowest BCUT2D eigenvalue weighted by atomic mass is 10.1. The number of piperidine rings is 1. The third-order valence-corrected chi connectivity index (χ3v) is 2.81. The smallest absolute Gasteiger partial charge is 0.0667 e. The molecule has 0 aromatic carbocycles. The average Bonchev–Trinajstić information content (AvgIpc) is 2.19. The third kappa shape index (κ3) is 10.2. The number of unbranched alkanes of at least 4 members (excludes halogenated alkanes) is 4. The summed E-state index contributed by atoms with van der Waals surface area (Å²) in [5.74, 6) is 0. The maximum absolute atomic E-state index is 9.04. The Kier molecular flexibility index (Phi) is 10.4. The van der Waals surface area contributed by atoms with E-state index in [1.54, 1.807) is 0 Å². The third-order valence-electron chi connectivity index (χ3n) is 2.81. The predicted octanol–water partition coefficient (Wildman–Crippen LogP) is 3.05. The van der Waals surface area contributed by atoms with Crippen molar-refractivity contribution in [1.29, 1.82) is 0 Å². The molecule has 1 atom stereocenters. The van der Waals surface area contributed by atoms with E-state index in [0.29, 0.717) is 0 Å². The summed E-state index contributed by atoms with van der Waals surface area (Å²) in [4.78, 5) is 2.16. The first-order valence-electron chi connectivity index (χ1n) is 6.57. The molecule has 0 spiro atoms. The van der Waals surface area contributed by atoms with Crippen LogP contribution in [0.2, 0.25) is 0 Å². The predicted molar refractivity (Wildman–Crippen MR) is 67.2 cm³/mol. The Labute approximate surface area is 95.7 Å². The van der Waals surface area contributed by atoms with Crippen LogP contribution in [0, 0.1) is 0 Å². The highest BCUT2D eigenvalue weighted by Gasteiger charge is 2.12. The van der Waals surface area contributed by atoms with Crippen molar-refractivity contribution in [3.63, 3.8) is 0 Å². The Balaban J connectivity index is 0.000000265. The molecule has 1 N–H and O–H groups in total. The summed E-state index contributed by atoms with van der Waals surface area (Å²) in [5, 5.41) is 9.04. The van der Waals surface area contributed by atoms with Gasteiger partial charge in [0.15, 0.2) is 0 Å². The van der Waals surface area contributed by atoms with Crippen molar-refractivity contribution in [3.05, 3.63) is 0 Å². The van der Waals surface area contributed by atoms with E-state index >= 15 is 0 Å². The van der Waals surface area contributed by atoms with Gasteiger partial charge >= 0.3 is 0 Å². The molecular weight excluding hydrogens is 186 g/mol. The molecule has 0 radical (unpaired) electrons. The largest absolute Gasteiger partial charge is 0.392 e. The lowest BCUT2D eigenvalue weighted by molar-refractivity contribution is 0.0846. The molecular formula is C13H29NO. The van der Waals surface area contributed by atoms with E-state index in [-0.39, 0.29) is 6.10 Å². The molecule has 1 saturated heterocycles. The monoisotopic (exact) mass is 215 g/mol. The molecule has 0 amide bonds. The molecule has 0 aliphatic carbocycles. The zero-order valence-electron chi connectivity index (χ0n) is 10.8. The molecule has 0 bridgehead atoms. The first kappa shape index (κ1) is 14.9. The maximum Gasteiger partial charge on any atom is 0.0667 e. The second-order valence-electron chi connectivity index (χ2n) is 4.62. The van der Waals surface area contributed by atoms with Crippen molar-refractivity contribution < 1.29 is 5.11 Å². The molecule has 1 aliphatic heterocycles. The number of likely N-dealkylation sites (N-methyl/N-ethyl adjacent to an activating group) is 1. The minimum absolute atomic E-state index is 0.0613. The van der Waals surface area contributed by atoms with Gasteiger partial charge in [0.25, 0.3) is 0 Å². The van der Waals surface area contributed by atoms with Gasteiger partial charge in [-0.15, -0.1) is 0 Å². The highest BCUT2D eigenvalue weighted by atomic mass is 16.3. The van der Waals surface area contributed by atoms with Gasteiger partial charge < -0.3 is 10.0 Å². The van der Waals surface area contributed by atoms with Gasteiger partial charge in [0.2, 0.25) is 0 Å². The van der Waals surface area contributed by atoms with Crippen LogP contribution in [0.5, 0.6) is 0 Å². The number of hydrogen-bond donors (Lipinski definition) is 1. The maximum atomic E-state index is 9.04. The summed E-state index contributed by atoms with van der Waals surface area (Å²) in [7, 11) is 2.04. The Morgan fingerprint density at radius 1 is 1.13 bits per heavy atom. The fourth-order valence-corrected chi connectivity index (χ4v) is 1.82. The van der Waals surface area contributed by atoms with Gasteiger partial charge in [0, 0.05) is 6.54 Å². The first-order chi connectivity index (χ1) is 7.20. The Hall–Kier alpha value is -0.0800. The van der Waals surface area contributed by atoms with E-state index in [2.05, 4.69) is 18.7 Å². The zero-order valence-corrected chi connectivity index (χ0v) is 10.8. The van der Waals surface area contributed by atoms with Crippen molar-refractivity contribution in [2.75, 3.05) is 20.1 Å². The second kappa shape index (κ2) is 10.4. The quantitative estimate of drug-likeness (QED) is 0.729. The van der Waals surface area contributed by atoms with Crippen LogP contribution in [-0.4, -0.2) is 36.2 Å². The van der Waals surface area contributed by atoms with Crippen LogP contribution in [0.1, 0.15) is 58.8 Å². The van der Waals surface area contributed by atoms with Crippen LogP contribution in [0.3, 0.4) is 0 Å². The highest BCUT2D eigenvalue weighted by molar-refractivity contribution is 4.67. The standard InChI is InChI=1S/C7H16.C6H13NO/c1-3-5-7-6-4-2;1-7-4-2-3-6(8)5-7/h3-7H2,1-2H3;6,8H,2-5H2,1H3. The van der Waals surface area contributed by atoms with E-state index in [0.717, 1.165) is 25.9 Å². The van der Waals surface area contributed by atoms with Gasteiger partial charge in [0.1, 0.15) is 0 Å². The van der Waals surface area contributed by atoms with E-state index in [9.17, 15) is 0 Å². The van der Waals surface area contributed by atoms with Gasteiger partial charge in [-0.25, -0.2) is 0 Å². The molecule has 0 saturated carbocycles. The van der Waals surface area contributed by atoms with Crippen molar-refractivity contribution >= 4 is 0 Å². The molecule has 1 rings (SSSR count). The van der Waals surface area contributed by atoms with Gasteiger partial charge in [-0.1, -0.05) is 46.0 Å². The number of aliphatic hydroxyl groups is 1.